The van der Waals surface area contributed by atoms with E-state index in [1.807, 2.05) is 6.92 Å². The molecule has 1 heterocycles. The van der Waals surface area contributed by atoms with Crippen LogP contribution in [-0.4, -0.2) is 42.0 Å². The third kappa shape index (κ3) is 3.08. The normalized spacial score (nSPS) is 23.3. The molecular formula is C14H25N3O2. The SMILES string of the molecule is CCNCCN1C(=O)NC2(CCCCCCC2)C1=O. The van der Waals surface area contributed by atoms with Crippen molar-refractivity contribution in [3.63, 3.8) is 0 Å². The number of urea groups is 1. The van der Waals surface area contributed by atoms with Gasteiger partial charge in [0.05, 0.1) is 0 Å². The molecule has 0 atom stereocenters. The van der Waals surface area contributed by atoms with Gasteiger partial charge in [0, 0.05) is 13.1 Å². The van der Waals surface area contributed by atoms with Gasteiger partial charge >= 0.3 is 6.03 Å². The quantitative estimate of drug-likeness (QED) is 0.601. The zero-order chi connectivity index (χ0) is 13.7. The van der Waals surface area contributed by atoms with Crippen LogP contribution in [-0.2, 0) is 4.79 Å². The molecule has 0 radical (unpaired) electrons. The molecule has 1 aliphatic heterocycles. The molecule has 0 aromatic heterocycles. The summed E-state index contributed by atoms with van der Waals surface area (Å²) >= 11 is 0. The Morgan fingerprint density at radius 2 is 1.79 bits per heavy atom. The topological polar surface area (TPSA) is 61.4 Å². The lowest BCUT2D eigenvalue weighted by Gasteiger charge is -2.28. The number of amides is 3. The van der Waals surface area contributed by atoms with E-state index in [0.29, 0.717) is 13.1 Å². The Morgan fingerprint density at radius 1 is 1.16 bits per heavy atom. The standard InChI is InChI=1S/C14H25N3O2/c1-2-15-10-11-17-12(18)14(16-13(17)19)8-6-4-3-5-7-9-14/h15H,2-11H2,1H3,(H,16,19). The number of imide groups is 1. The van der Waals surface area contributed by atoms with Crippen molar-refractivity contribution in [1.29, 1.82) is 0 Å². The van der Waals surface area contributed by atoms with Crippen LogP contribution in [0.2, 0.25) is 0 Å². The predicted molar refractivity (Wildman–Crippen MR) is 73.8 cm³/mol. The fraction of sp³-hybridized carbons (Fsp3) is 0.857. The molecule has 2 rings (SSSR count). The zero-order valence-electron chi connectivity index (χ0n) is 11.8. The minimum atomic E-state index is -0.594. The summed E-state index contributed by atoms with van der Waals surface area (Å²) in [4.78, 5) is 26.0. The van der Waals surface area contributed by atoms with Gasteiger partial charge in [0.2, 0.25) is 0 Å². The highest BCUT2D eigenvalue weighted by Gasteiger charge is 2.49. The smallest absolute Gasteiger partial charge is 0.323 e. The maximum absolute atomic E-state index is 12.6. The highest BCUT2D eigenvalue weighted by Crippen LogP contribution is 2.31. The van der Waals surface area contributed by atoms with Crippen LogP contribution < -0.4 is 10.6 Å². The molecule has 5 nitrogen and oxygen atoms in total. The maximum Gasteiger partial charge on any atom is 0.325 e. The van der Waals surface area contributed by atoms with Crippen LogP contribution in [0.25, 0.3) is 0 Å². The lowest BCUT2D eigenvalue weighted by molar-refractivity contribution is -0.132. The fourth-order valence-corrected chi connectivity index (χ4v) is 3.09. The summed E-state index contributed by atoms with van der Waals surface area (Å²) in [6.45, 7) is 4.02. The molecule has 0 unspecified atom stereocenters. The molecule has 19 heavy (non-hydrogen) atoms. The molecular weight excluding hydrogens is 242 g/mol. The molecule has 1 saturated heterocycles. The van der Waals surface area contributed by atoms with Crippen LogP contribution in [0.5, 0.6) is 0 Å². The van der Waals surface area contributed by atoms with E-state index in [4.69, 9.17) is 0 Å². The first-order valence-corrected chi connectivity index (χ1v) is 7.54. The van der Waals surface area contributed by atoms with Crippen LogP contribution in [0.3, 0.4) is 0 Å². The first kappa shape index (κ1) is 14.3. The molecule has 0 aromatic rings. The van der Waals surface area contributed by atoms with Crippen molar-refractivity contribution >= 4 is 11.9 Å². The average molecular weight is 267 g/mol. The number of likely N-dealkylation sites (N-methyl/N-ethyl adjacent to an activating group) is 1. The summed E-state index contributed by atoms with van der Waals surface area (Å²) in [5.41, 5.74) is -0.594. The Morgan fingerprint density at radius 3 is 2.42 bits per heavy atom. The number of carbonyl (C=O) groups is 2. The van der Waals surface area contributed by atoms with Crippen LogP contribution in [0.15, 0.2) is 0 Å². The molecule has 1 aliphatic carbocycles. The minimum Gasteiger partial charge on any atom is -0.323 e. The molecule has 1 spiro atoms. The number of hydrogen-bond donors (Lipinski definition) is 2. The molecule has 2 N–H and O–H groups in total. The Bertz CT molecular complexity index is 336. The summed E-state index contributed by atoms with van der Waals surface area (Å²) in [6.07, 6.45) is 7.26. The molecule has 3 amide bonds. The van der Waals surface area contributed by atoms with E-state index in [-0.39, 0.29) is 11.9 Å². The van der Waals surface area contributed by atoms with Gasteiger partial charge in [0.1, 0.15) is 5.54 Å². The van der Waals surface area contributed by atoms with Crippen molar-refractivity contribution in [2.24, 2.45) is 0 Å². The molecule has 0 bridgehead atoms. The van der Waals surface area contributed by atoms with Gasteiger partial charge in [-0.1, -0.05) is 39.0 Å². The second kappa shape index (κ2) is 6.37. The van der Waals surface area contributed by atoms with Crippen molar-refractivity contribution in [2.45, 2.75) is 57.4 Å². The van der Waals surface area contributed by atoms with E-state index in [1.54, 1.807) is 0 Å². The van der Waals surface area contributed by atoms with Crippen LogP contribution in [0.1, 0.15) is 51.9 Å². The second-order valence-corrected chi connectivity index (χ2v) is 5.59. The van der Waals surface area contributed by atoms with Crippen LogP contribution >= 0.6 is 0 Å². The first-order chi connectivity index (χ1) is 9.19. The van der Waals surface area contributed by atoms with Gasteiger partial charge in [-0.3, -0.25) is 9.69 Å². The lowest BCUT2D eigenvalue weighted by Crippen LogP contribution is -2.47. The number of nitrogens with zero attached hydrogens (tertiary/aromatic N) is 1. The minimum absolute atomic E-state index is 0.00250. The van der Waals surface area contributed by atoms with Crippen LogP contribution in [0.4, 0.5) is 4.79 Å². The van der Waals surface area contributed by atoms with E-state index in [9.17, 15) is 9.59 Å². The van der Waals surface area contributed by atoms with Gasteiger partial charge < -0.3 is 10.6 Å². The van der Waals surface area contributed by atoms with Crippen molar-refractivity contribution in [2.75, 3.05) is 19.6 Å². The molecule has 5 heteroatoms. The second-order valence-electron chi connectivity index (χ2n) is 5.59. The van der Waals surface area contributed by atoms with Crippen molar-refractivity contribution in [3.8, 4) is 0 Å². The van der Waals surface area contributed by atoms with E-state index in [0.717, 1.165) is 32.2 Å². The van der Waals surface area contributed by atoms with Crippen molar-refractivity contribution in [3.05, 3.63) is 0 Å². The Kier molecular flexibility index (Phi) is 4.80. The highest BCUT2D eigenvalue weighted by atomic mass is 16.2. The largest absolute Gasteiger partial charge is 0.325 e. The highest BCUT2D eigenvalue weighted by molar-refractivity contribution is 6.07. The molecule has 2 aliphatic rings. The number of rotatable bonds is 4. The van der Waals surface area contributed by atoms with Crippen LogP contribution in [0, 0.1) is 0 Å². The summed E-state index contributed by atoms with van der Waals surface area (Å²) in [5, 5.41) is 6.13. The maximum atomic E-state index is 12.6. The van der Waals surface area contributed by atoms with Crippen molar-refractivity contribution in [1.82, 2.24) is 15.5 Å². The van der Waals surface area contributed by atoms with E-state index in [2.05, 4.69) is 10.6 Å². The Hall–Kier alpha value is -1.10. The van der Waals surface area contributed by atoms with Crippen molar-refractivity contribution < 1.29 is 9.59 Å². The van der Waals surface area contributed by atoms with E-state index in [1.165, 1.54) is 24.2 Å². The fourth-order valence-electron chi connectivity index (χ4n) is 3.09. The van der Waals surface area contributed by atoms with E-state index < -0.39 is 5.54 Å². The van der Waals surface area contributed by atoms with E-state index >= 15 is 0 Å². The number of hydrogen-bond acceptors (Lipinski definition) is 3. The number of carbonyl (C=O) groups excluding carboxylic acids is 2. The summed E-state index contributed by atoms with van der Waals surface area (Å²) in [7, 11) is 0. The summed E-state index contributed by atoms with van der Waals surface area (Å²) < 4.78 is 0. The molecule has 108 valence electrons. The van der Waals surface area contributed by atoms with Gasteiger partial charge in [-0.2, -0.15) is 0 Å². The summed E-state index contributed by atoms with van der Waals surface area (Å²) in [6, 6.07) is -0.205. The summed E-state index contributed by atoms with van der Waals surface area (Å²) in [5.74, 6) is -0.00250. The molecule has 0 aromatic carbocycles. The lowest BCUT2D eigenvalue weighted by atomic mass is 9.84. The van der Waals surface area contributed by atoms with Gasteiger partial charge in [-0.15, -0.1) is 0 Å². The first-order valence-electron chi connectivity index (χ1n) is 7.54. The third-order valence-corrected chi connectivity index (χ3v) is 4.22. The zero-order valence-corrected chi connectivity index (χ0v) is 11.8. The monoisotopic (exact) mass is 267 g/mol. The average Bonchev–Trinajstić information content (AvgIpc) is 2.59. The van der Waals surface area contributed by atoms with Gasteiger partial charge in [0.15, 0.2) is 0 Å². The molecule has 1 saturated carbocycles. The predicted octanol–water partition coefficient (Wildman–Crippen LogP) is 1.63. The molecule has 2 fully saturated rings. The van der Waals surface area contributed by atoms with Gasteiger partial charge in [0.25, 0.3) is 5.91 Å². The van der Waals surface area contributed by atoms with Gasteiger partial charge in [-0.05, 0) is 19.4 Å². The van der Waals surface area contributed by atoms with Gasteiger partial charge in [-0.25, -0.2) is 4.79 Å². The number of nitrogens with one attached hydrogen (secondary N) is 2. The third-order valence-electron chi connectivity index (χ3n) is 4.22. The Labute approximate surface area is 115 Å². The Balaban J connectivity index is 2.02.